The molecular weight excluding hydrogens is 214 g/mol. The maximum absolute atomic E-state index is 5.83. The molecule has 1 nitrogen and oxygen atoms in total. The van der Waals surface area contributed by atoms with Crippen molar-refractivity contribution in [3.63, 3.8) is 0 Å². The average molecular weight is 232 g/mol. The Kier molecular flexibility index (Phi) is 4.42. The highest BCUT2D eigenvalue weighted by atomic mass is 35.5. The molecule has 0 amide bonds. The molecule has 0 radical (unpaired) electrons. The Bertz CT molecular complexity index is 281. The summed E-state index contributed by atoms with van der Waals surface area (Å²) in [6.45, 7) is 7.35. The lowest BCUT2D eigenvalue weighted by Crippen LogP contribution is -2.40. The van der Waals surface area contributed by atoms with Gasteiger partial charge in [0.1, 0.15) is 0 Å². The number of rotatable bonds is 5. The van der Waals surface area contributed by atoms with Gasteiger partial charge in [0, 0.05) is 27.7 Å². The van der Waals surface area contributed by atoms with Gasteiger partial charge in [-0.25, -0.2) is 0 Å². The minimum Gasteiger partial charge on any atom is -0.306 e. The fourth-order valence-electron chi connectivity index (χ4n) is 1.08. The number of hydrogen-bond acceptors (Lipinski definition) is 2. The van der Waals surface area contributed by atoms with Gasteiger partial charge < -0.3 is 5.32 Å². The number of alkyl halides is 1. The van der Waals surface area contributed by atoms with Crippen LogP contribution in [0, 0.1) is 0 Å². The van der Waals surface area contributed by atoms with Crippen LogP contribution in [0.3, 0.4) is 0 Å². The van der Waals surface area contributed by atoms with Crippen molar-refractivity contribution in [3.05, 3.63) is 21.9 Å². The molecule has 1 aromatic heterocycles. The fourth-order valence-corrected chi connectivity index (χ4v) is 2.07. The quantitative estimate of drug-likeness (QED) is 0.766. The molecular formula is C11H18ClNS. The molecule has 0 aliphatic heterocycles. The van der Waals surface area contributed by atoms with Crippen LogP contribution in [0.5, 0.6) is 0 Å². The molecule has 0 spiro atoms. The Labute approximate surface area is 95.5 Å². The zero-order valence-electron chi connectivity index (χ0n) is 9.06. The molecule has 14 heavy (non-hydrogen) atoms. The number of halogens is 1. The van der Waals surface area contributed by atoms with Gasteiger partial charge in [-0.2, -0.15) is 0 Å². The standard InChI is InChI=1S/C11H18ClNS/c1-4-9-5-6-10(14-9)7-13-11(2,3)8-12/h5-6,13H,4,7-8H2,1-3H3. The zero-order chi connectivity index (χ0) is 10.6. The van der Waals surface area contributed by atoms with Crippen LogP contribution in [0.2, 0.25) is 0 Å². The van der Waals surface area contributed by atoms with E-state index in [4.69, 9.17) is 11.6 Å². The van der Waals surface area contributed by atoms with Crippen LogP contribution in [0.4, 0.5) is 0 Å². The van der Waals surface area contributed by atoms with Crippen molar-refractivity contribution in [3.8, 4) is 0 Å². The SMILES string of the molecule is CCc1ccc(CNC(C)(C)CCl)s1. The Morgan fingerprint density at radius 1 is 1.36 bits per heavy atom. The maximum atomic E-state index is 5.83. The van der Waals surface area contributed by atoms with E-state index in [0.29, 0.717) is 5.88 Å². The number of aryl methyl sites for hydroxylation is 1. The first-order valence-corrected chi connectivity index (χ1v) is 6.31. The largest absolute Gasteiger partial charge is 0.306 e. The van der Waals surface area contributed by atoms with Gasteiger partial charge in [-0.05, 0) is 32.4 Å². The van der Waals surface area contributed by atoms with Crippen molar-refractivity contribution in [2.45, 2.75) is 39.3 Å². The van der Waals surface area contributed by atoms with Gasteiger partial charge in [0.25, 0.3) is 0 Å². The molecule has 0 unspecified atom stereocenters. The van der Waals surface area contributed by atoms with E-state index < -0.39 is 0 Å². The molecule has 0 saturated heterocycles. The molecule has 1 heterocycles. The first-order valence-electron chi connectivity index (χ1n) is 4.96. The van der Waals surface area contributed by atoms with Crippen LogP contribution in [0.25, 0.3) is 0 Å². The summed E-state index contributed by atoms with van der Waals surface area (Å²) in [5.74, 6) is 0.638. The summed E-state index contributed by atoms with van der Waals surface area (Å²) < 4.78 is 0. The van der Waals surface area contributed by atoms with Crippen molar-refractivity contribution in [2.75, 3.05) is 5.88 Å². The lowest BCUT2D eigenvalue weighted by Gasteiger charge is -2.22. The first kappa shape index (κ1) is 12.0. The number of nitrogens with one attached hydrogen (secondary N) is 1. The molecule has 3 heteroatoms. The first-order chi connectivity index (χ1) is 6.57. The Balaban J connectivity index is 2.45. The highest BCUT2D eigenvalue weighted by Crippen LogP contribution is 2.17. The van der Waals surface area contributed by atoms with E-state index in [9.17, 15) is 0 Å². The summed E-state index contributed by atoms with van der Waals surface area (Å²) in [6, 6.07) is 4.40. The summed E-state index contributed by atoms with van der Waals surface area (Å²) in [5, 5.41) is 3.44. The van der Waals surface area contributed by atoms with E-state index in [1.165, 1.54) is 9.75 Å². The van der Waals surface area contributed by atoms with Gasteiger partial charge in [0.15, 0.2) is 0 Å². The normalized spacial score (nSPS) is 12.0. The van der Waals surface area contributed by atoms with Crippen molar-refractivity contribution in [2.24, 2.45) is 0 Å². The van der Waals surface area contributed by atoms with Crippen LogP contribution in [-0.2, 0) is 13.0 Å². The molecule has 0 atom stereocenters. The van der Waals surface area contributed by atoms with Gasteiger partial charge in [0.2, 0.25) is 0 Å². The minimum absolute atomic E-state index is 0.0257. The fraction of sp³-hybridized carbons (Fsp3) is 0.636. The Morgan fingerprint density at radius 3 is 2.50 bits per heavy atom. The number of hydrogen-bond donors (Lipinski definition) is 1. The topological polar surface area (TPSA) is 12.0 Å². The van der Waals surface area contributed by atoms with Crippen molar-refractivity contribution in [1.82, 2.24) is 5.32 Å². The molecule has 0 aromatic carbocycles. The Hall–Kier alpha value is -0.0500. The lowest BCUT2D eigenvalue weighted by molar-refractivity contribution is 0.431. The minimum atomic E-state index is 0.0257. The molecule has 0 aliphatic carbocycles. The molecule has 0 bridgehead atoms. The maximum Gasteiger partial charge on any atom is 0.0400 e. The van der Waals surface area contributed by atoms with Crippen LogP contribution in [0.1, 0.15) is 30.5 Å². The second kappa shape index (κ2) is 5.15. The van der Waals surface area contributed by atoms with Crippen LogP contribution < -0.4 is 5.32 Å². The van der Waals surface area contributed by atoms with E-state index in [0.717, 1.165) is 13.0 Å². The lowest BCUT2D eigenvalue weighted by atomic mass is 10.1. The van der Waals surface area contributed by atoms with E-state index in [2.05, 4.69) is 38.2 Å². The third kappa shape index (κ3) is 3.60. The Morgan fingerprint density at radius 2 is 2.00 bits per heavy atom. The predicted molar refractivity (Wildman–Crippen MR) is 65.3 cm³/mol. The van der Waals surface area contributed by atoms with Crippen molar-refractivity contribution in [1.29, 1.82) is 0 Å². The van der Waals surface area contributed by atoms with Gasteiger partial charge >= 0.3 is 0 Å². The molecule has 1 aromatic rings. The van der Waals surface area contributed by atoms with E-state index >= 15 is 0 Å². The smallest absolute Gasteiger partial charge is 0.0400 e. The number of thiophene rings is 1. The average Bonchev–Trinajstić information content (AvgIpc) is 2.63. The zero-order valence-corrected chi connectivity index (χ0v) is 10.6. The molecule has 1 rings (SSSR count). The molecule has 0 fully saturated rings. The molecule has 80 valence electrons. The van der Waals surface area contributed by atoms with Crippen LogP contribution in [-0.4, -0.2) is 11.4 Å². The predicted octanol–water partition coefficient (Wildman–Crippen LogP) is 3.42. The van der Waals surface area contributed by atoms with Crippen molar-refractivity contribution >= 4 is 22.9 Å². The third-order valence-corrected chi connectivity index (χ3v) is 4.04. The molecule has 0 saturated carbocycles. The second-order valence-corrected chi connectivity index (χ2v) is 5.61. The van der Waals surface area contributed by atoms with Gasteiger partial charge in [-0.1, -0.05) is 6.92 Å². The highest BCUT2D eigenvalue weighted by molar-refractivity contribution is 7.11. The van der Waals surface area contributed by atoms with E-state index in [-0.39, 0.29) is 5.54 Å². The van der Waals surface area contributed by atoms with Crippen LogP contribution in [0.15, 0.2) is 12.1 Å². The van der Waals surface area contributed by atoms with Gasteiger partial charge in [-0.15, -0.1) is 22.9 Å². The summed E-state index contributed by atoms with van der Waals surface area (Å²) in [4.78, 5) is 2.84. The van der Waals surface area contributed by atoms with Gasteiger partial charge in [-0.3, -0.25) is 0 Å². The summed E-state index contributed by atoms with van der Waals surface area (Å²) >= 11 is 7.71. The highest BCUT2D eigenvalue weighted by Gasteiger charge is 2.14. The monoisotopic (exact) mass is 231 g/mol. The second-order valence-electron chi connectivity index (χ2n) is 4.09. The van der Waals surface area contributed by atoms with E-state index in [1.54, 1.807) is 0 Å². The third-order valence-electron chi connectivity index (χ3n) is 2.14. The van der Waals surface area contributed by atoms with E-state index in [1.807, 2.05) is 11.3 Å². The molecule has 1 N–H and O–H groups in total. The summed E-state index contributed by atoms with van der Waals surface area (Å²) in [6.07, 6.45) is 1.13. The summed E-state index contributed by atoms with van der Waals surface area (Å²) in [7, 11) is 0. The van der Waals surface area contributed by atoms with Gasteiger partial charge in [0.05, 0.1) is 0 Å². The summed E-state index contributed by atoms with van der Waals surface area (Å²) in [5.41, 5.74) is 0.0257. The van der Waals surface area contributed by atoms with Crippen molar-refractivity contribution < 1.29 is 0 Å². The van der Waals surface area contributed by atoms with Crippen LogP contribution >= 0.6 is 22.9 Å². The molecule has 0 aliphatic rings.